The van der Waals surface area contributed by atoms with Crippen molar-refractivity contribution in [3.63, 3.8) is 0 Å². The molecule has 3 nitrogen and oxygen atoms in total. The Morgan fingerprint density at radius 1 is 1.45 bits per heavy atom. The van der Waals surface area contributed by atoms with Crippen LogP contribution in [0.25, 0.3) is 0 Å². The molecule has 0 aliphatic carbocycles. The first kappa shape index (κ1) is 8.71. The summed E-state index contributed by atoms with van der Waals surface area (Å²) in [6.07, 6.45) is 4.47. The second-order valence-corrected chi connectivity index (χ2v) is 3.12. The Bertz CT molecular complexity index is 212. The average Bonchev–Trinajstić information content (AvgIpc) is 2.37. The molecule has 0 saturated heterocycles. The van der Waals surface area contributed by atoms with E-state index in [4.69, 9.17) is 4.52 Å². The highest BCUT2D eigenvalue weighted by molar-refractivity contribution is 9.10. The molecular weight excluding hydrogens is 208 g/mol. The van der Waals surface area contributed by atoms with Gasteiger partial charge in [0.25, 0.3) is 0 Å². The highest BCUT2D eigenvalue weighted by Crippen LogP contribution is 2.07. The van der Waals surface area contributed by atoms with Crippen LogP contribution in [-0.2, 0) is 6.42 Å². The number of hydrogen-bond donors (Lipinski definition) is 0. The lowest BCUT2D eigenvalue weighted by atomic mass is 10.2. The van der Waals surface area contributed by atoms with Gasteiger partial charge in [-0.05, 0) is 27.5 Å². The lowest BCUT2D eigenvalue weighted by Gasteiger charge is -1.90. The van der Waals surface area contributed by atoms with Crippen molar-refractivity contribution < 1.29 is 4.52 Å². The van der Waals surface area contributed by atoms with Crippen molar-refractivity contribution in [3.8, 4) is 0 Å². The third-order valence-corrected chi connectivity index (χ3v) is 1.76. The summed E-state index contributed by atoms with van der Waals surface area (Å²) in [6, 6.07) is 0. The van der Waals surface area contributed by atoms with Gasteiger partial charge < -0.3 is 4.52 Å². The van der Waals surface area contributed by atoms with Crippen molar-refractivity contribution in [2.75, 3.05) is 0 Å². The van der Waals surface area contributed by atoms with Gasteiger partial charge >= 0.3 is 0 Å². The molecule has 0 bridgehead atoms. The monoisotopic (exact) mass is 218 g/mol. The summed E-state index contributed by atoms with van der Waals surface area (Å²) >= 11 is 3.13. The van der Waals surface area contributed by atoms with Crippen molar-refractivity contribution in [1.82, 2.24) is 10.1 Å². The maximum Gasteiger partial charge on any atom is 0.238 e. The minimum atomic E-state index is 0.545. The van der Waals surface area contributed by atoms with Crippen LogP contribution in [0.2, 0.25) is 0 Å². The molecule has 0 aliphatic heterocycles. The van der Waals surface area contributed by atoms with Crippen molar-refractivity contribution in [1.29, 1.82) is 0 Å². The summed E-state index contributed by atoms with van der Waals surface area (Å²) in [5.74, 6) is 0.727. The van der Waals surface area contributed by atoms with Gasteiger partial charge in [0.15, 0.2) is 0 Å². The van der Waals surface area contributed by atoms with Crippen LogP contribution < -0.4 is 0 Å². The Labute approximate surface area is 74.3 Å². The fourth-order valence-corrected chi connectivity index (χ4v) is 1.13. The lowest BCUT2D eigenvalue weighted by Crippen LogP contribution is -1.84. The zero-order valence-corrected chi connectivity index (χ0v) is 8.10. The van der Waals surface area contributed by atoms with Crippen LogP contribution in [0.1, 0.15) is 32.1 Å². The molecule has 0 aromatic carbocycles. The highest BCUT2D eigenvalue weighted by Gasteiger charge is 2.01. The van der Waals surface area contributed by atoms with Gasteiger partial charge in [0.05, 0.1) is 0 Å². The summed E-state index contributed by atoms with van der Waals surface area (Å²) in [4.78, 5) is 4.02. The number of aryl methyl sites for hydroxylation is 1. The molecule has 1 aromatic rings. The highest BCUT2D eigenvalue weighted by atomic mass is 79.9. The molecule has 0 spiro atoms. The predicted octanol–water partition coefficient (Wildman–Crippen LogP) is 2.56. The molecule has 4 heteroatoms. The van der Waals surface area contributed by atoms with Gasteiger partial charge in [0.1, 0.15) is 0 Å². The van der Waals surface area contributed by atoms with Gasteiger partial charge in [0, 0.05) is 6.42 Å². The second-order valence-electron chi connectivity index (χ2n) is 2.41. The number of aromatic nitrogens is 2. The average molecular weight is 219 g/mol. The van der Waals surface area contributed by atoms with Gasteiger partial charge in [-0.3, -0.25) is 0 Å². The van der Waals surface area contributed by atoms with Crippen molar-refractivity contribution >= 4 is 15.9 Å². The van der Waals surface area contributed by atoms with Crippen molar-refractivity contribution in [2.24, 2.45) is 0 Å². The van der Waals surface area contributed by atoms with E-state index in [9.17, 15) is 0 Å². The first-order valence-electron chi connectivity index (χ1n) is 3.81. The summed E-state index contributed by atoms with van der Waals surface area (Å²) in [5, 5.41) is 3.63. The summed E-state index contributed by atoms with van der Waals surface area (Å²) < 4.78 is 5.45. The van der Waals surface area contributed by atoms with Crippen LogP contribution >= 0.6 is 15.9 Å². The summed E-state index contributed by atoms with van der Waals surface area (Å²) in [6.45, 7) is 2.17. The van der Waals surface area contributed by atoms with Crippen molar-refractivity contribution in [3.05, 3.63) is 10.6 Å². The first-order chi connectivity index (χ1) is 5.33. The number of hydrogen-bond acceptors (Lipinski definition) is 3. The van der Waals surface area contributed by atoms with E-state index in [0.717, 1.165) is 18.7 Å². The molecule has 0 unspecified atom stereocenters. The number of nitrogens with zero attached hydrogens (tertiary/aromatic N) is 2. The second kappa shape index (κ2) is 4.49. The molecule has 0 amide bonds. The first-order valence-corrected chi connectivity index (χ1v) is 4.60. The van der Waals surface area contributed by atoms with Crippen LogP contribution in [0.3, 0.4) is 0 Å². The molecule has 0 aliphatic rings. The van der Waals surface area contributed by atoms with Crippen LogP contribution in [0.4, 0.5) is 0 Å². The molecule has 0 saturated carbocycles. The molecule has 0 fully saturated rings. The number of rotatable bonds is 4. The van der Waals surface area contributed by atoms with Gasteiger partial charge in [-0.2, -0.15) is 4.98 Å². The molecule has 62 valence electrons. The van der Waals surface area contributed by atoms with E-state index in [2.05, 4.69) is 33.0 Å². The quantitative estimate of drug-likeness (QED) is 0.730. The largest absolute Gasteiger partial charge is 0.338 e. The minimum absolute atomic E-state index is 0.545. The Morgan fingerprint density at radius 3 is 2.82 bits per heavy atom. The maximum absolute atomic E-state index is 4.90. The number of halogens is 1. The zero-order valence-electron chi connectivity index (χ0n) is 6.51. The standard InChI is InChI=1S/C7H11BrN2O/c1-2-3-4-5-6-9-7(8)10-11-6/h2-5H2,1H3. The Morgan fingerprint density at radius 2 is 2.27 bits per heavy atom. The maximum atomic E-state index is 4.90. The lowest BCUT2D eigenvalue weighted by molar-refractivity contribution is 0.371. The zero-order chi connectivity index (χ0) is 8.10. The third-order valence-electron chi connectivity index (χ3n) is 1.44. The van der Waals surface area contributed by atoms with E-state index in [-0.39, 0.29) is 0 Å². The predicted molar refractivity (Wildman–Crippen MR) is 45.2 cm³/mol. The van der Waals surface area contributed by atoms with E-state index in [0.29, 0.717) is 4.73 Å². The molecule has 1 rings (SSSR count). The Balaban J connectivity index is 2.27. The molecule has 11 heavy (non-hydrogen) atoms. The fourth-order valence-electron chi connectivity index (χ4n) is 0.862. The molecule has 0 radical (unpaired) electrons. The minimum Gasteiger partial charge on any atom is -0.338 e. The summed E-state index contributed by atoms with van der Waals surface area (Å²) in [5.41, 5.74) is 0. The molecule has 0 N–H and O–H groups in total. The Hall–Kier alpha value is -0.380. The Kier molecular flexibility index (Phi) is 3.56. The van der Waals surface area contributed by atoms with Crippen LogP contribution in [-0.4, -0.2) is 10.1 Å². The van der Waals surface area contributed by atoms with Crippen LogP contribution in [0.5, 0.6) is 0 Å². The van der Waals surface area contributed by atoms with Crippen LogP contribution in [0.15, 0.2) is 9.26 Å². The third kappa shape index (κ3) is 3.01. The van der Waals surface area contributed by atoms with E-state index in [1.54, 1.807) is 0 Å². The normalized spacial score (nSPS) is 10.4. The van der Waals surface area contributed by atoms with Crippen molar-refractivity contribution in [2.45, 2.75) is 32.6 Å². The van der Waals surface area contributed by atoms with Gasteiger partial charge in [0.2, 0.25) is 10.6 Å². The smallest absolute Gasteiger partial charge is 0.238 e. The topological polar surface area (TPSA) is 38.9 Å². The van der Waals surface area contributed by atoms with E-state index >= 15 is 0 Å². The summed E-state index contributed by atoms with van der Waals surface area (Å²) in [7, 11) is 0. The fraction of sp³-hybridized carbons (Fsp3) is 0.714. The molecule has 0 atom stereocenters. The molecule has 1 heterocycles. The van der Waals surface area contributed by atoms with E-state index in [1.165, 1.54) is 12.8 Å². The number of unbranched alkanes of at least 4 members (excludes halogenated alkanes) is 2. The van der Waals surface area contributed by atoms with E-state index in [1.807, 2.05) is 0 Å². The van der Waals surface area contributed by atoms with Gasteiger partial charge in [-0.1, -0.05) is 19.8 Å². The van der Waals surface area contributed by atoms with Gasteiger partial charge in [-0.25, -0.2) is 0 Å². The van der Waals surface area contributed by atoms with E-state index < -0.39 is 0 Å². The molecule has 1 aromatic heterocycles. The molecular formula is C7H11BrN2O. The van der Waals surface area contributed by atoms with Crippen LogP contribution in [0, 0.1) is 0 Å². The SMILES string of the molecule is CCCCCc1nc(Br)no1. The van der Waals surface area contributed by atoms with Gasteiger partial charge in [-0.15, -0.1) is 0 Å².